The SMILES string of the molecule is CCOc1cc(C(=O)O)ccc1OCCSC(F)(F)F. The van der Waals surface area contributed by atoms with Gasteiger partial charge in [0, 0.05) is 5.75 Å². The second-order valence-corrected chi connectivity index (χ2v) is 4.70. The molecule has 0 saturated carbocycles. The third-order valence-electron chi connectivity index (χ3n) is 2.10. The summed E-state index contributed by atoms with van der Waals surface area (Å²) in [5.74, 6) is -0.954. The Hall–Kier alpha value is -1.57. The van der Waals surface area contributed by atoms with Crippen molar-refractivity contribution in [1.82, 2.24) is 0 Å². The second-order valence-electron chi connectivity index (χ2n) is 3.54. The van der Waals surface area contributed by atoms with Crippen LogP contribution in [-0.4, -0.2) is 35.6 Å². The fraction of sp³-hybridized carbons (Fsp3) is 0.417. The van der Waals surface area contributed by atoms with Gasteiger partial charge in [-0.2, -0.15) is 13.2 Å². The summed E-state index contributed by atoms with van der Waals surface area (Å²) in [6.07, 6.45) is 0. The van der Waals surface area contributed by atoms with Crippen molar-refractivity contribution < 1.29 is 32.5 Å². The minimum Gasteiger partial charge on any atom is -0.490 e. The number of carboxylic acids is 1. The molecular formula is C12H13F3O4S. The van der Waals surface area contributed by atoms with Crippen LogP contribution in [0.4, 0.5) is 13.2 Å². The number of alkyl halides is 3. The fourth-order valence-electron chi connectivity index (χ4n) is 1.34. The molecule has 1 aromatic rings. The molecule has 1 aromatic carbocycles. The quantitative estimate of drug-likeness (QED) is 0.782. The second kappa shape index (κ2) is 7.28. The lowest BCUT2D eigenvalue weighted by molar-refractivity contribution is -0.0329. The Balaban J connectivity index is 2.66. The van der Waals surface area contributed by atoms with Crippen LogP contribution in [-0.2, 0) is 0 Å². The number of hydrogen-bond acceptors (Lipinski definition) is 4. The third kappa shape index (κ3) is 5.60. The van der Waals surface area contributed by atoms with Gasteiger partial charge in [-0.3, -0.25) is 0 Å². The monoisotopic (exact) mass is 310 g/mol. The summed E-state index contributed by atoms with van der Waals surface area (Å²) in [6.45, 7) is 1.84. The molecule has 1 N–H and O–H groups in total. The summed E-state index contributed by atoms with van der Waals surface area (Å²) in [4.78, 5) is 10.8. The maximum absolute atomic E-state index is 11.9. The smallest absolute Gasteiger partial charge is 0.441 e. The van der Waals surface area contributed by atoms with Crippen LogP contribution in [0, 0.1) is 0 Å². The van der Waals surface area contributed by atoms with E-state index < -0.39 is 11.5 Å². The van der Waals surface area contributed by atoms with E-state index in [2.05, 4.69) is 0 Å². The molecule has 0 amide bonds. The Kier molecular flexibility index (Phi) is 6.00. The number of hydrogen-bond donors (Lipinski definition) is 1. The molecule has 0 aliphatic carbocycles. The first-order valence-corrected chi connectivity index (χ1v) is 6.65. The van der Waals surface area contributed by atoms with Crippen molar-refractivity contribution in [1.29, 1.82) is 0 Å². The zero-order valence-corrected chi connectivity index (χ0v) is 11.4. The highest BCUT2D eigenvalue weighted by Gasteiger charge is 2.27. The molecule has 0 aliphatic heterocycles. The summed E-state index contributed by atoms with van der Waals surface area (Å²) in [7, 11) is 0. The Morgan fingerprint density at radius 3 is 2.55 bits per heavy atom. The van der Waals surface area contributed by atoms with E-state index in [4.69, 9.17) is 14.6 Å². The van der Waals surface area contributed by atoms with Crippen molar-refractivity contribution in [2.24, 2.45) is 0 Å². The fourth-order valence-corrected chi connectivity index (χ4v) is 1.74. The molecule has 20 heavy (non-hydrogen) atoms. The van der Waals surface area contributed by atoms with E-state index >= 15 is 0 Å². The van der Waals surface area contributed by atoms with Crippen molar-refractivity contribution in [2.75, 3.05) is 19.0 Å². The van der Waals surface area contributed by atoms with Crippen LogP contribution in [0.5, 0.6) is 11.5 Å². The first kappa shape index (κ1) is 16.5. The normalized spacial score (nSPS) is 11.2. The Labute approximate surface area is 117 Å². The lowest BCUT2D eigenvalue weighted by Gasteiger charge is -2.12. The molecule has 0 saturated heterocycles. The zero-order valence-electron chi connectivity index (χ0n) is 10.6. The maximum atomic E-state index is 11.9. The highest BCUT2D eigenvalue weighted by atomic mass is 32.2. The van der Waals surface area contributed by atoms with Gasteiger partial charge in [-0.25, -0.2) is 4.79 Å². The lowest BCUT2D eigenvalue weighted by atomic mass is 10.2. The molecule has 0 bridgehead atoms. The zero-order chi connectivity index (χ0) is 15.2. The van der Waals surface area contributed by atoms with Gasteiger partial charge in [0.05, 0.1) is 18.8 Å². The molecule has 0 heterocycles. The molecule has 0 aliphatic rings. The minimum absolute atomic E-state index is 0.0190. The highest BCUT2D eigenvalue weighted by Crippen LogP contribution is 2.31. The number of aromatic carboxylic acids is 1. The predicted octanol–water partition coefficient (Wildman–Crippen LogP) is 3.42. The van der Waals surface area contributed by atoms with Crippen LogP contribution < -0.4 is 9.47 Å². The Morgan fingerprint density at radius 2 is 2.00 bits per heavy atom. The van der Waals surface area contributed by atoms with Crippen molar-refractivity contribution in [3.05, 3.63) is 23.8 Å². The number of carbonyl (C=O) groups is 1. The molecule has 1 rings (SSSR count). The summed E-state index contributed by atoms with van der Waals surface area (Å²) < 4.78 is 46.2. The Bertz CT molecular complexity index is 463. The molecule has 0 unspecified atom stereocenters. The van der Waals surface area contributed by atoms with Gasteiger partial charge in [-0.15, -0.1) is 0 Å². The number of ether oxygens (including phenoxy) is 2. The van der Waals surface area contributed by atoms with Crippen LogP contribution in [0.15, 0.2) is 18.2 Å². The molecule has 0 aromatic heterocycles. The Morgan fingerprint density at radius 1 is 1.30 bits per heavy atom. The van der Waals surface area contributed by atoms with E-state index in [1.165, 1.54) is 18.2 Å². The van der Waals surface area contributed by atoms with Gasteiger partial charge < -0.3 is 14.6 Å². The molecule has 0 atom stereocenters. The van der Waals surface area contributed by atoms with Gasteiger partial charge in [0.25, 0.3) is 0 Å². The summed E-state index contributed by atoms with van der Waals surface area (Å²) in [5.41, 5.74) is -4.27. The maximum Gasteiger partial charge on any atom is 0.441 e. The molecule has 0 spiro atoms. The van der Waals surface area contributed by atoms with Crippen LogP contribution in [0.25, 0.3) is 0 Å². The minimum atomic E-state index is -4.29. The summed E-state index contributed by atoms with van der Waals surface area (Å²) in [6, 6.07) is 3.95. The first-order chi connectivity index (χ1) is 9.33. The molecule has 112 valence electrons. The van der Waals surface area contributed by atoms with E-state index in [0.29, 0.717) is 0 Å². The topological polar surface area (TPSA) is 55.8 Å². The number of halogens is 3. The number of carboxylic acid groups (broad SMARTS) is 1. The molecule has 4 nitrogen and oxygen atoms in total. The third-order valence-corrected chi connectivity index (χ3v) is 2.80. The van der Waals surface area contributed by atoms with Gasteiger partial charge in [-0.05, 0) is 36.9 Å². The van der Waals surface area contributed by atoms with Gasteiger partial charge in [0.1, 0.15) is 0 Å². The van der Waals surface area contributed by atoms with E-state index in [0.717, 1.165) is 0 Å². The van der Waals surface area contributed by atoms with Gasteiger partial charge in [0.2, 0.25) is 0 Å². The standard InChI is InChI=1S/C12H13F3O4S/c1-2-18-10-7-8(11(16)17)3-4-9(10)19-5-6-20-12(13,14)15/h3-4,7H,2,5-6H2,1H3,(H,16,17). The van der Waals surface area contributed by atoms with Crippen LogP contribution in [0.1, 0.15) is 17.3 Å². The van der Waals surface area contributed by atoms with Crippen molar-refractivity contribution in [2.45, 2.75) is 12.4 Å². The first-order valence-electron chi connectivity index (χ1n) is 5.67. The average molecular weight is 310 g/mol. The molecular weight excluding hydrogens is 297 g/mol. The van der Waals surface area contributed by atoms with Crippen molar-refractivity contribution >= 4 is 17.7 Å². The van der Waals surface area contributed by atoms with E-state index in [1.807, 2.05) is 0 Å². The van der Waals surface area contributed by atoms with E-state index in [-0.39, 0.29) is 47.8 Å². The van der Waals surface area contributed by atoms with E-state index in [9.17, 15) is 18.0 Å². The lowest BCUT2D eigenvalue weighted by Crippen LogP contribution is -2.08. The number of benzene rings is 1. The van der Waals surface area contributed by atoms with E-state index in [1.54, 1.807) is 6.92 Å². The molecule has 8 heteroatoms. The number of thioether (sulfide) groups is 1. The molecule has 0 radical (unpaired) electrons. The highest BCUT2D eigenvalue weighted by molar-refractivity contribution is 8.00. The predicted molar refractivity (Wildman–Crippen MR) is 68.6 cm³/mol. The van der Waals surface area contributed by atoms with Crippen molar-refractivity contribution in [3.63, 3.8) is 0 Å². The summed E-state index contributed by atoms with van der Waals surface area (Å²) >= 11 is -0.180. The van der Waals surface area contributed by atoms with Crippen molar-refractivity contribution in [3.8, 4) is 11.5 Å². The van der Waals surface area contributed by atoms with Crippen LogP contribution in [0.2, 0.25) is 0 Å². The van der Waals surface area contributed by atoms with Gasteiger partial charge >= 0.3 is 11.5 Å². The largest absolute Gasteiger partial charge is 0.490 e. The summed E-state index contributed by atoms with van der Waals surface area (Å²) in [5, 5.41) is 8.85. The van der Waals surface area contributed by atoms with Gasteiger partial charge in [-0.1, -0.05) is 0 Å². The number of rotatable bonds is 7. The molecule has 0 fully saturated rings. The van der Waals surface area contributed by atoms with Gasteiger partial charge in [0.15, 0.2) is 11.5 Å². The van der Waals surface area contributed by atoms with Crippen LogP contribution >= 0.6 is 11.8 Å². The average Bonchev–Trinajstić information content (AvgIpc) is 2.35. The van der Waals surface area contributed by atoms with Crippen LogP contribution in [0.3, 0.4) is 0 Å².